The van der Waals surface area contributed by atoms with Crippen molar-refractivity contribution >= 4 is 17.2 Å². The Morgan fingerprint density at radius 2 is 2.09 bits per heavy atom. The number of rotatable bonds is 6. The van der Waals surface area contributed by atoms with Crippen LogP contribution in [0.3, 0.4) is 0 Å². The number of benzene rings is 1. The van der Waals surface area contributed by atoms with E-state index in [0.29, 0.717) is 6.54 Å². The molecular formula is C15H15N5O2S. The molecule has 1 aromatic carbocycles. The fourth-order valence-corrected chi connectivity index (χ4v) is 2.98. The third kappa shape index (κ3) is 3.92. The first-order chi connectivity index (χ1) is 11.2. The number of methoxy groups -OCH3 is 1. The number of hydrogen-bond acceptors (Lipinski definition) is 6. The quantitative estimate of drug-likeness (QED) is 0.745. The van der Waals surface area contributed by atoms with Crippen LogP contribution in [0.15, 0.2) is 42.7 Å². The molecule has 0 aliphatic rings. The summed E-state index contributed by atoms with van der Waals surface area (Å²) in [4.78, 5) is 14.0. The van der Waals surface area contributed by atoms with E-state index in [1.807, 2.05) is 30.3 Å². The summed E-state index contributed by atoms with van der Waals surface area (Å²) in [6, 6.07) is 12.0. The summed E-state index contributed by atoms with van der Waals surface area (Å²) in [5.74, 6) is 0.706. The lowest BCUT2D eigenvalue weighted by Gasteiger charge is -2.03. The number of aromatic nitrogens is 4. The Morgan fingerprint density at radius 3 is 2.78 bits per heavy atom. The number of nitrogens with zero attached hydrogens (tertiary/aromatic N) is 4. The van der Waals surface area contributed by atoms with Gasteiger partial charge in [0.15, 0.2) is 0 Å². The molecule has 3 rings (SSSR count). The molecular weight excluding hydrogens is 314 g/mol. The Bertz CT molecular complexity index is 768. The minimum absolute atomic E-state index is 0.115. The smallest absolute Gasteiger partial charge is 0.242 e. The van der Waals surface area contributed by atoms with Gasteiger partial charge in [-0.1, -0.05) is 0 Å². The van der Waals surface area contributed by atoms with Crippen LogP contribution in [0.2, 0.25) is 0 Å². The minimum Gasteiger partial charge on any atom is -0.497 e. The van der Waals surface area contributed by atoms with Crippen LogP contribution in [0, 0.1) is 0 Å². The highest BCUT2D eigenvalue weighted by molar-refractivity contribution is 7.15. The maximum absolute atomic E-state index is 11.8. The van der Waals surface area contributed by atoms with Crippen LogP contribution >= 0.6 is 11.3 Å². The van der Waals surface area contributed by atoms with E-state index < -0.39 is 0 Å². The molecule has 3 aromatic rings. The number of ether oxygens (including phenoxy) is 1. The average molecular weight is 329 g/mol. The molecule has 7 nitrogen and oxygen atoms in total. The molecule has 23 heavy (non-hydrogen) atoms. The van der Waals surface area contributed by atoms with Crippen LogP contribution in [0.1, 0.15) is 4.88 Å². The Kier molecular flexibility index (Phi) is 4.62. The van der Waals surface area contributed by atoms with Crippen LogP contribution in [0.5, 0.6) is 5.75 Å². The predicted molar refractivity (Wildman–Crippen MR) is 86.0 cm³/mol. The molecule has 2 heterocycles. The summed E-state index contributed by atoms with van der Waals surface area (Å²) >= 11 is 1.65. The molecule has 8 heteroatoms. The number of tetrazole rings is 1. The van der Waals surface area contributed by atoms with Gasteiger partial charge in [-0.25, -0.2) is 4.68 Å². The fourth-order valence-electron chi connectivity index (χ4n) is 2.02. The summed E-state index contributed by atoms with van der Waals surface area (Å²) in [6.45, 7) is 0.603. The standard InChI is InChI=1S/C15H15N5O2S/c1-22-12-4-2-11(3-5-12)14-7-6-13(23-14)8-16-15(21)9-20-10-17-18-19-20/h2-7,10H,8-9H2,1H3,(H,16,21). The first-order valence-electron chi connectivity index (χ1n) is 6.95. The molecule has 0 aliphatic carbocycles. The van der Waals surface area contributed by atoms with Crippen molar-refractivity contribution in [1.82, 2.24) is 25.5 Å². The highest BCUT2D eigenvalue weighted by atomic mass is 32.1. The Morgan fingerprint density at radius 1 is 1.26 bits per heavy atom. The van der Waals surface area contributed by atoms with Gasteiger partial charge in [0, 0.05) is 9.75 Å². The number of amides is 1. The van der Waals surface area contributed by atoms with Gasteiger partial charge in [0.25, 0.3) is 0 Å². The van der Waals surface area contributed by atoms with Crippen LogP contribution < -0.4 is 10.1 Å². The number of nitrogens with one attached hydrogen (secondary N) is 1. The average Bonchev–Trinajstić information content (AvgIpc) is 3.25. The van der Waals surface area contributed by atoms with E-state index >= 15 is 0 Å². The zero-order chi connectivity index (χ0) is 16.1. The Labute approximate surface area is 136 Å². The summed E-state index contributed by atoms with van der Waals surface area (Å²) in [7, 11) is 1.65. The van der Waals surface area contributed by atoms with Crippen LogP contribution in [-0.4, -0.2) is 33.2 Å². The second-order valence-electron chi connectivity index (χ2n) is 4.78. The highest BCUT2D eigenvalue weighted by Gasteiger charge is 2.06. The van der Waals surface area contributed by atoms with Gasteiger partial charge in [-0.3, -0.25) is 4.79 Å². The zero-order valence-corrected chi connectivity index (χ0v) is 13.3. The highest BCUT2D eigenvalue weighted by Crippen LogP contribution is 2.29. The summed E-state index contributed by atoms with van der Waals surface area (Å²) in [5.41, 5.74) is 1.13. The van der Waals surface area contributed by atoms with E-state index in [2.05, 4.69) is 26.9 Å². The van der Waals surface area contributed by atoms with Crippen LogP contribution in [0.4, 0.5) is 0 Å². The SMILES string of the molecule is COc1ccc(-c2ccc(CNC(=O)Cn3cnnn3)s2)cc1. The molecule has 0 unspecified atom stereocenters. The molecule has 2 aromatic heterocycles. The molecule has 1 N–H and O–H groups in total. The van der Waals surface area contributed by atoms with E-state index in [1.165, 1.54) is 11.0 Å². The molecule has 118 valence electrons. The Balaban J connectivity index is 1.57. The molecule has 0 saturated carbocycles. The third-order valence-corrected chi connectivity index (χ3v) is 4.33. The van der Waals surface area contributed by atoms with Crippen molar-refractivity contribution in [3.63, 3.8) is 0 Å². The van der Waals surface area contributed by atoms with Gasteiger partial charge in [0.05, 0.1) is 13.7 Å². The lowest BCUT2D eigenvalue weighted by molar-refractivity contribution is -0.122. The van der Waals surface area contributed by atoms with Crippen LogP contribution in [0.25, 0.3) is 10.4 Å². The molecule has 1 amide bonds. The third-order valence-electron chi connectivity index (χ3n) is 3.19. The number of thiophene rings is 1. The monoisotopic (exact) mass is 329 g/mol. The van der Waals surface area contributed by atoms with Gasteiger partial charge in [-0.15, -0.1) is 16.4 Å². The van der Waals surface area contributed by atoms with Crippen molar-refractivity contribution in [2.45, 2.75) is 13.1 Å². The van der Waals surface area contributed by atoms with E-state index in [4.69, 9.17) is 4.74 Å². The lowest BCUT2D eigenvalue weighted by atomic mass is 10.2. The first kappa shape index (κ1) is 15.2. The summed E-state index contributed by atoms with van der Waals surface area (Å²) in [5, 5.41) is 13.5. The normalized spacial score (nSPS) is 10.5. The second-order valence-corrected chi connectivity index (χ2v) is 5.95. The zero-order valence-electron chi connectivity index (χ0n) is 12.5. The van der Waals surface area contributed by atoms with E-state index in [9.17, 15) is 4.79 Å². The molecule has 0 spiro atoms. The van der Waals surface area contributed by atoms with Gasteiger partial charge in [0.1, 0.15) is 18.6 Å². The molecule has 0 atom stereocenters. The van der Waals surface area contributed by atoms with Crippen molar-refractivity contribution in [3.8, 4) is 16.2 Å². The van der Waals surface area contributed by atoms with Crippen LogP contribution in [-0.2, 0) is 17.9 Å². The molecule has 0 radical (unpaired) electrons. The van der Waals surface area contributed by atoms with Gasteiger partial charge in [0.2, 0.25) is 5.91 Å². The van der Waals surface area contributed by atoms with E-state index in [1.54, 1.807) is 18.4 Å². The molecule has 0 aliphatic heterocycles. The number of carbonyl (C=O) groups is 1. The van der Waals surface area contributed by atoms with Crippen molar-refractivity contribution in [1.29, 1.82) is 0 Å². The topological polar surface area (TPSA) is 81.9 Å². The van der Waals surface area contributed by atoms with Gasteiger partial charge < -0.3 is 10.1 Å². The lowest BCUT2D eigenvalue weighted by Crippen LogP contribution is -2.27. The summed E-state index contributed by atoms with van der Waals surface area (Å²) < 4.78 is 6.54. The van der Waals surface area contributed by atoms with E-state index in [-0.39, 0.29) is 12.5 Å². The van der Waals surface area contributed by atoms with Gasteiger partial charge in [-0.2, -0.15) is 0 Å². The van der Waals surface area contributed by atoms with Crippen molar-refractivity contribution in [2.24, 2.45) is 0 Å². The van der Waals surface area contributed by atoms with Crippen molar-refractivity contribution < 1.29 is 9.53 Å². The second kappa shape index (κ2) is 7.01. The molecule has 0 bridgehead atoms. The fraction of sp³-hybridized carbons (Fsp3) is 0.200. The minimum atomic E-state index is -0.128. The predicted octanol–water partition coefficient (Wildman–Crippen LogP) is 1.73. The largest absolute Gasteiger partial charge is 0.497 e. The first-order valence-corrected chi connectivity index (χ1v) is 7.77. The number of carbonyl (C=O) groups excluding carboxylic acids is 1. The van der Waals surface area contributed by atoms with E-state index in [0.717, 1.165) is 21.1 Å². The van der Waals surface area contributed by atoms with Gasteiger partial charge in [-0.05, 0) is 52.4 Å². The number of hydrogen-bond donors (Lipinski definition) is 1. The molecule has 0 saturated heterocycles. The van der Waals surface area contributed by atoms with Crippen molar-refractivity contribution in [2.75, 3.05) is 7.11 Å². The summed E-state index contributed by atoms with van der Waals surface area (Å²) in [6.07, 6.45) is 1.41. The van der Waals surface area contributed by atoms with Crippen molar-refractivity contribution in [3.05, 3.63) is 47.6 Å². The van der Waals surface area contributed by atoms with Gasteiger partial charge >= 0.3 is 0 Å². The maximum atomic E-state index is 11.8. The Hall–Kier alpha value is -2.74. The molecule has 0 fully saturated rings. The maximum Gasteiger partial charge on any atom is 0.242 e.